The van der Waals surface area contributed by atoms with Crippen LogP contribution in [0.3, 0.4) is 0 Å². The number of H-pyrrole nitrogens is 1. The standard InChI is InChI=1S/C48H34N4O/c1-2-11-32(12-3-1)45-50-46(33-23-21-30(22-24-33)35-16-10-13-31-27-28-49-44(31)35)52-47(51-45)34-25-26-43-41(29-34)48(40-19-8-9-20-42(40)53-43)38-17-6-4-14-36(38)37-15-5-7-18-39(37)48/h1-19,21-29,36,38,42,49H,20H2. The van der Waals surface area contributed by atoms with Crippen LogP contribution < -0.4 is 4.74 Å². The smallest absolute Gasteiger partial charge is 0.164 e. The molecule has 0 bridgehead atoms. The molecule has 4 unspecified atom stereocenters. The number of hydrogen-bond acceptors (Lipinski definition) is 4. The van der Waals surface area contributed by atoms with Gasteiger partial charge in [-0.3, -0.25) is 0 Å². The number of hydrogen-bond donors (Lipinski definition) is 1. The number of nitrogens with zero attached hydrogens (tertiary/aromatic N) is 3. The molecule has 0 fully saturated rings. The number of benzene rings is 5. The summed E-state index contributed by atoms with van der Waals surface area (Å²) >= 11 is 0. The quantitative estimate of drug-likeness (QED) is 0.201. The minimum Gasteiger partial charge on any atom is -0.485 e. The van der Waals surface area contributed by atoms with Gasteiger partial charge >= 0.3 is 0 Å². The maximum Gasteiger partial charge on any atom is 0.164 e. The molecular weight excluding hydrogens is 649 g/mol. The number of ether oxygens (including phenoxy) is 1. The molecule has 1 N–H and O–H groups in total. The van der Waals surface area contributed by atoms with Gasteiger partial charge in [0.2, 0.25) is 0 Å². The zero-order chi connectivity index (χ0) is 34.9. The van der Waals surface area contributed by atoms with Crippen molar-refractivity contribution in [3.63, 3.8) is 0 Å². The van der Waals surface area contributed by atoms with Crippen LogP contribution in [0.5, 0.6) is 5.75 Å². The summed E-state index contributed by atoms with van der Waals surface area (Å²) < 4.78 is 6.85. The highest BCUT2D eigenvalue weighted by molar-refractivity contribution is 5.94. The van der Waals surface area contributed by atoms with E-state index in [9.17, 15) is 0 Å². The Kier molecular flexibility index (Phi) is 6.65. The fraction of sp³-hybridized carbons (Fsp3) is 0.104. The first-order valence-electron chi connectivity index (χ1n) is 18.4. The van der Waals surface area contributed by atoms with Gasteiger partial charge in [0.05, 0.1) is 10.9 Å². The number of aromatic amines is 1. The molecule has 5 heteroatoms. The van der Waals surface area contributed by atoms with Crippen LogP contribution in [-0.2, 0) is 5.41 Å². The lowest BCUT2D eigenvalue weighted by molar-refractivity contribution is 0.185. The Hall–Kier alpha value is -6.59. The summed E-state index contributed by atoms with van der Waals surface area (Å²) in [4.78, 5) is 18.8. The Balaban J connectivity index is 1.09. The number of allylic oxidation sites excluding steroid dienone is 6. The SMILES string of the molecule is C1=CCC2Oc3ccc(-c4nc(-c5ccccc5)nc(-c5ccc(-c6cccc7cc[nH]c67)cc5)n4)cc3C3(C2=C1)c1ccccc1C1C=CC=CC13. The first-order valence-corrected chi connectivity index (χ1v) is 18.4. The van der Waals surface area contributed by atoms with E-state index in [1.807, 2.05) is 24.4 Å². The summed E-state index contributed by atoms with van der Waals surface area (Å²) in [6.45, 7) is 0. The van der Waals surface area contributed by atoms with Gasteiger partial charge < -0.3 is 9.72 Å². The number of nitrogens with one attached hydrogen (secondary N) is 1. The van der Waals surface area contributed by atoms with E-state index >= 15 is 0 Å². The molecule has 0 saturated carbocycles. The van der Waals surface area contributed by atoms with E-state index in [-0.39, 0.29) is 17.9 Å². The van der Waals surface area contributed by atoms with Gasteiger partial charge in [0.25, 0.3) is 0 Å². The molecule has 4 aliphatic rings. The zero-order valence-electron chi connectivity index (χ0n) is 28.9. The molecule has 4 atom stereocenters. The maximum atomic E-state index is 6.85. The van der Waals surface area contributed by atoms with E-state index in [1.54, 1.807) is 0 Å². The van der Waals surface area contributed by atoms with E-state index in [2.05, 4.69) is 151 Å². The Morgan fingerprint density at radius 2 is 1.36 bits per heavy atom. The molecule has 5 aromatic carbocycles. The van der Waals surface area contributed by atoms with Gasteiger partial charge in [-0.15, -0.1) is 0 Å². The average molecular weight is 683 g/mol. The normalized spacial score (nSPS) is 21.8. The van der Waals surface area contributed by atoms with Crippen molar-refractivity contribution in [2.75, 3.05) is 0 Å². The third kappa shape index (κ3) is 4.53. The molecule has 0 radical (unpaired) electrons. The van der Waals surface area contributed by atoms with E-state index in [1.165, 1.54) is 27.6 Å². The van der Waals surface area contributed by atoms with Crippen LogP contribution in [0, 0.1) is 5.92 Å². The highest BCUT2D eigenvalue weighted by atomic mass is 16.5. The Morgan fingerprint density at radius 1 is 0.623 bits per heavy atom. The predicted octanol–water partition coefficient (Wildman–Crippen LogP) is 10.8. The third-order valence-electron chi connectivity index (χ3n) is 11.6. The summed E-state index contributed by atoms with van der Waals surface area (Å²) in [5, 5.41) is 1.19. The molecule has 11 rings (SSSR count). The van der Waals surface area contributed by atoms with Crippen molar-refractivity contribution >= 4 is 10.9 Å². The van der Waals surface area contributed by atoms with Gasteiger partial charge in [-0.1, -0.05) is 140 Å². The summed E-state index contributed by atoms with van der Waals surface area (Å²) in [5.74, 6) is 3.32. The largest absolute Gasteiger partial charge is 0.485 e. The Bertz CT molecular complexity index is 2700. The van der Waals surface area contributed by atoms with Gasteiger partial charge in [-0.2, -0.15) is 0 Å². The molecule has 0 saturated heterocycles. The van der Waals surface area contributed by atoms with Crippen LogP contribution in [-0.4, -0.2) is 26.0 Å². The van der Waals surface area contributed by atoms with E-state index in [4.69, 9.17) is 19.7 Å². The van der Waals surface area contributed by atoms with Gasteiger partial charge in [0.1, 0.15) is 11.9 Å². The van der Waals surface area contributed by atoms with E-state index in [0.29, 0.717) is 17.5 Å². The molecule has 1 spiro atoms. The molecule has 252 valence electrons. The molecular formula is C48H34N4O. The van der Waals surface area contributed by atoms with Crippen LogP contribution in [0.25, 0.3) is 56.2 Å². The number of rotatable bonds is 4. The minimum absolute atomic E-state index is 0.0233. The second kappa shape index (κ2) is 11.7. The minimum atomic E-state index is -0.391. The molecule has 3 aliphatic carbocycles. The van der Waals surface area contributed by atoms with Crippen LogP contribution in [0.2, 0.25) is 0 Å². The zero-order valence-corrected chi connectivity index (χ0v) is 28.9. The fourth-order valence-electron chi connectivity index (χ4n) is 9.29. The summed E-state index contributed by atoms with van der Waals surface area (Å²) in [7, 11) is 0. The van der Waals surface area contributed by atoms with Crippen molar-refractivity contribution < 1.29 is 4.74 Å². The van der Waals surface area contributed by atoms with Crippen molar-refractivity contribution in [3.8, 4) is 51.0 Å². The second-order valence-corrected chi connectivity index (χ2v) is 14.3. The van der Waals surface area contributed by atoms with Crippen molar-refractivity contribution in [3.05, 3.63) is 192 Å². The Morgan fingerprint density at radius 3 is 2.23 bits per heavy atom. The number of para-hydroxylation sites is 1. The van der Waals surface area contributed by atoms with E-state index in [0.717, 1.165) is 45.5 Å². The number of aromatic nitrogens is 4. The lowest BCUT2D eigenvalue weighted by Crippen LogP contribution is -2.46. The van der Waals surface area contributed by atoms with E-state index < -0.39 is 5.41 Å². The topological polar surface area (TPSA) is 63.7 Å². The summed E-state index contributed by atoms with van der Waals surface area (Å²) in [5.41, 5.74) is 11.1. The van der Waals surface area contributed by atoms with Gasteiger partial charge in [0.15, 0.2) is 17.5 Å². The first-order chi connectivity index (χ1) is 26.3. The summed E-state index contributed by atoms with van der Waals surface area (Å²) in [6.07, 6.45) is 18.8. The number of fused-ring (bicyclic) bond motifs is 10. The molecule has 5 nitrogen and oxygen atoms in total. The van der Waals surface area contributed by atoms with Crippen molar-refractivity contribution in [2.45, 2.75) is 23.9 Å². The lowest BCUT2D eigenvalue weighted by atomic mass is 9.59. The van der Waals surface area contributed by atoms with Crippen LogP contribution in [0.4, 0.5) is 0 Å². The highest BCUT2D eigenvalue weighted by Gasteiger charge is 2.58. The second-order valence-electron chi connectivity index (χ2n) is 14.3. The molecule has 53 heavy (non-hydrogen) atoms. The van der Waals surface area contributed by atoms with Crippen LogP contribution >= 0.6 is 0 Å². The Labute approximate surface area is 307 Å². The molecule has 2 aromatic heterocycles. The predicted molar refractivity (Wildman–Crippen MR) is 211 cm³/mol. The highest BCUT2D eigenvalue weighted by Crippen LogP contribution is 2.64. The lowest BCUT2D eigenvalue weighted by Gasteiger charge is -2.47. The molecule has 0 amide bonds. The van der Waals surface area contributed by atoms with Crippen molar-refractivity contribution in [1.29, 1.82) is 0 Å². The van der Waals surface area contributed by atoms with Gasteiger partial charge in [-0.25, -0.2) is 15.0 Å². The summed E-state index contributed by atoms with van der Waals surface area (Å²) in [6, 6.07) is 42.8. The van der Waals surface area contributed by atoms with Crippen molar-refractivity contribution in [2.24, 2.45) is 5.92 Å². The first kappa shape index (κ1) is 30.1. The average Bonchev–Trinajstić information content (AvgIpc) is 3.83. The van der Waals surface area contributed by atoms with Gasteiger partial charge in [-0.05, 0) is 51.9 Å². The monoisotopic (exact) mass is 682 g/mol. The van der Waals surface area contributed by atoms with Crippen LogP contribution in [0.15, 0.2) is 176 Å². The maximum absolute atomic E-state index is 6.85. The van der Waals surface area contributed by atoms with Crippen molar-refractivity contribution in [1.82, 2.24) is 19.9 Å². The fourth-order valence-corrected chi connectivity index (χ4v) is 9.29. The van der Waals surface area contributed by atoms with Gasteiger partial charge in [0, 0.05) is 52.3 Å². The molecule has 3 heterocycles. The third-order valence-corrected chi connectivity index (χ3v) is 11.6. The molecule has 1 aliphatic heterocycles. The molecule has 7 aromatic rings. The van der Waals surface area contributed by atoms with Crippen LogP contribution in [0.1, 0.15) is 29.0 Å².